The molecule has 0 spiro atoms. The van der Waals surface area contributed by atoms with E-state index in [9.17, 15) is 9.90 Å². The van der Waals surface area contributed by atoms with Gasteiger partial charge in [-0.3, -0.25) is 4.79 Å². The Morgan fingerprint density at radius 2 is 1.91 bits per heavy atom. The molecule has 0 heterocycles. The van der Waals surface area contributed by atoms with Crippen molar-refractivity contribution in [2.24, 2.45) is 5.10 Å². The third-order valence-corrected chi connectivity index (χ3v) is 3.67. The van der Waals surface area contributed by atoms with Gasteiger partial charge in [0, 0.05) is 5.02 Å². The van der Waals surface area contributed by atoms with E-state index in [1.807, 2.05) is 19.1 Å². The molecular formula is C18H19ClN2O2. The van der Waals surface area contributed by atoms with Crippen molar-refractivity contribution in [3.8, 4) is 5.75 Å². The molecule has 0 saturated heterocycles. The summed E-state index contributed by atoms with van der Waals surface area (Å²) < 4.78 is 0. The number of aryl methyl sites for hydroxylation is 1. The van der Waals surface area contributed by atoms with Gasteiger partial charge in [-0.1, -0.05) is 49.2 Å². The molecule has 0 saturated carbocycles. The fourth-order valence-corrected chi connectivity index (χ4v) is 2.32. The molecule has 2 rings (SSSR count). The minimum absolute atomic E-state index is 0.0901. The highest BCUT2D eigenvalue weighted by Gasteiger charge is 2.11. The molecule has 120 valence electrons. The first-order valence-corrected chi connectivity index (χ1v) is 7.81. The monoisotopic (exact) mass is 330 g/mol. The van der Waals surface area contributed by atoms with Gasteiger partial charge in [-0.15, -0.1) is 0 Å². The van der Waals surface area contributed by atoms with Crippen LogP contribution in [0.4, 0.5) is 0 Å². The number of amides is 1. The van der Waals surface area contributed by atoms with Gasteiger partial charge in [-0.2, -0.15) is 5.10 Å². The molecule has 0 aromatic heterocycles. The van der Waals surface area contributed by atoms with Crippen molar-refractivity contribution in [2.45, 2.75) is 26.7 Å². The average molecular weight is 331 g/mol. The van der Waals surface area contributed by atoms with Crippen molar-refractivity contribution in [2.75, 3.05) is 0 Å². The van der Waals surface area contributed by atoms with Crippen LogP contribution in [-0.4, -0.2) is 16.7 Å². The van der Waals surface area contributed by atoms with Gasteiger partial charge in [0.1, 0.15) is 5.75 Å². The van der Waals surface area contributed by atoms with E-state index in [0.717, 1.165) is 18.4 Å². The SMILES string of the molecule is CCCc1ccc(C(C)=NNC(=O)c2cc(Cl)ccc2O)cc1. The minimum atomic E-state index is -0.507. The predicted octanol–water partition coefficient (Wildman–Crippen LogP) is 4.15. The van der Waals surface area contributed by atoms with Crippen molar-refractivity contribution in [3.05, 3.63) is 64.2 Å². The first-order chi connectivity index (χ1) is 11.0. The number of carbonyl (C=O) groups is 1. The zero-order chi connectivity index (χ0) is 16.8. The lowest BCUT2D eigenvalue weighted by molar-refractivity contribution is 0.0952. The Morgan fingerprint density at radius 1 is 1.22 bits per heavy atom. The van der Waals surface area contributed by atoms with Crippen LogP contribution < -0.4 is 5.43 Å². The molecule has 2 aromatic rings. The van der Waals surface area contributed by atoms with Crippen molar-refractivity contribution < 1.29 is 9.90 Å². The lowest BCUT2D eigenvalue weighted by atomic mass is 10.1. The average Bonchev–Trinajstić information content (AvgIpc) is 2.55. The summed E-state index contributed by atoms with van der Waals surface area (Å²) in [6, 6.07) is 12.4. The number of rotatable bonds is 5. The predicted molar refractivity (Wildman–Crippen MR) is 93.2 cm³/mol. The van der Waals surface area contributed by atoms with Crippen LogP contribution in [0.3, 0.4) is 0 Å². The Bertz CT molecular complexity index is 724. The summed E-state index contributed by atoms with van der Waals surface area (Å²) in [5.41, 5.74) is 5.41. The maximum atomic E-state index is 12.1. The number of hydrogen-bond donors (Lipinski definition) is 2. The Morgan fingerprint density at radius 3 is 2.57 bits per heavy atom. The first kappa shape index (κ1) is 17.0. The molecule has 0 aliphatic rings. The molecule has 23 heavy (non-hydrogen) atoms. The van der Waals surface area contributed by atoms with E-state index in [4.69, 9.17) is 11.6 Å². The van der Waals surface area contributed by atoms with Crippen molar-refractivity contribution in [1.29, 1.82) is 0 Å². The Balaban J connectivity index is 2.09. The van der Waals surface area contributed by atoms with Crippen LogP contribution in [0.2, 0.25) is 5.02 Å². The first-order valence-electron chi connectivity index (χ1n) is 7.43. The van der Waals surface area contributed by atoms with Crippen molar-refractivity contribution >= 4 is 23.2 Å². The fraction of sp³-hybridized carbons (Fsp3) is 0.222. The summed E-state index contributed by atoms with van der Waals surface area (Å²) >= 11 is 5.83. The highest BCUT2D eigenvalue weighted by Crippen LogP contribution is 2.21. The third kappa shape index (κ3) is 4.57. The molecule has 0 aliphatic carbocycles. The fourth-order valence-electron chi connectivity index (χ4n) is 2.15. The van der Waals surface area contributed by atoms with Gasteiger partial charge >= 0.3 is 0 Å². The molecule has 0 bridgehead atoms. The quantitative estimate of drug-likeness (QED) is 0.639. The number of aromatic hydroxyl groups is 1. The summed E-state index contributed by atoms with van der Waals surface area (Å²) in [4.78, 5) is 12.1. The Kier molecular flexibility index (Phi) is 5.77. The number of benzene rings is 2. The molecule has 2 aromatic carbocycles. The number of carbonyl (C=O) groups excluding carboxylic acids is 1. The molecule has 2 N–H and O–H groups in total. The number of nitrogens with zero attached hydrogens (tertiary/aromatic N) is 1. The van der Waals surface area contributed by atoms with Gasteiger partial charge in [0.2, 0.25) is 0 Å². The van der Waals surface area contributed by atoms with Crippen LogP contribution in [0.25, 0.3) is 0 Å². The molecule has 0 atom stereocenters. The zero-order valence-corrected chi connectivity index (χ0v) is 13.9. The molecule has 1 amide bonds. The van der Waals surface area contributed by atoms with Gasteiger partial charge < -0.3 is 5.11 Å². The molecule has 0 aliphatic heterocycles. The molecule has 0 radical (unpaired) electrons. The lowest BCUT2D eigenvalue weighted by Gasteiger charge is -2.06. The van der Waals surface area contributed by atoms with E-state index in [-0.39, 0.29) is 11.3 Å². The summed E-state index contributed by atoms with van der Waals surface area (Å²) in [6.07, 6.45) is 2.15. The van der Waals surface area contributed by atoms with E-state index in [0.29, 0.717) is 10.7 Å². The van der Waals surface area contributed by atoms with Gasteiger partial charge in [0.15, 0.2) is 0 Å². The number of hydrogen-bond acceptors (Lipinski definition) is 3. The summed E-state index contributed by atoms with van der Waals surface area (Å²) in [5, 5.41) is 14.2. The lowest BCUT2D eigenvalue weighted by Crippen LogP contribution is -2.19. The largest absolute Gasteiger partial charge is 0.507 e. The number of hydrazone groups is 1. The van der Waals surface area contributed by atoms with Crippen LogP contribution in [0.1, 0.15) is 41.8 Å². The number of phenolic OH excluding ortho intramolecular Hbond substituents is 1. The maximum absolute atomic E-state index is 12.1. The molecule has 5 heteroatoms. The van der Waals surface area contributed by atoms with Gasteiger partial charge in [0.25, 0.3) is 5.91 Å². The Labute approximate surface area is 140 Å². The van der Waals surface area contributed by atoms with Crippen LogP contribution >= 0.6 is 11.6 Å². The zero-order valence-electron chi connectivity index (χ0n) is 13.1. The van der Waals surface area contributed by atoms with Gasteiger partial charge in [0.05, 0.1) is 11.3 Å². The van der Waals surface area contributed by atoms with Crippen LogP contribution in [0.15, 0.2) is 47.6 Å². The normalized spacial score (nSPS) is 11.3. The highest BCUT2D eigenvalue weighted by atomic mass is 35.5. The maximum Gasteiger partial charge on any atom is 0.275 e. The van der Waals surface area contributed by atoms with E-state index in [2.05, 4.69) is 29.6 Å². The van der Waals surface area contributed by atoms with Crippen molar-refractivity contribution in [1.82, 2.24) is 5.43 Å². The van der Waals surface area contributed by atoms with Crippen molar-refractivity contribution in [3.63, 3.8) is 0 Å². The van der Waals surface area contributed by atoms with Crippen LogP contribution in [0.5, 0.6) is 5.75 Å². The van der Waals surface area contributed by atoms with E-state index in [1.165, 1.54) is 23.8 Å². The van der Waals surface area contributed by atoms with Crippen LogP contribution in [-0.2, 0) is 6.42 Å². The smallest absolute Gasteiger partial charge is 0.275 e. The standard InChI is InChI=1S/C18H19ClN2O2/c1-3-4-13-5-7-14(8-6-13)12(2)20-21-18(23)16-11-15(19)9-10-17(16)22/h5-11,22H,3-4H2,1-2H3,(H,21,23). The second kappa shape index (κ2) is 7.79. The van der Waals surface area contributed by atoms with E-state index >= 15 is 0 Å². The molecule has 0 unspecified atom stereocenters. The van der Waals surface area contributed by atoms with E-state index < -0.39 is 5.91 Å². The number of phenols is 1. The molecule has 4 nitrogen and oxygen atoms in total. The number of nitrogens with one attached hydrogen (secondary N) is 1. The molecular weight excluding hydrogens is 312 g/mol. The van der Waals surface area contributed by atoms with Crippen LogP contribution in [0, 0.1) is 0 Å². The summed E-state index contributed by atoms with van der Waals surface area (Å²) in [6.45, 7) is 3.95. The Hall–Kier alpha value is -2.33. The highest BCUT2D eigenvalue weighted by molar-refractivity contribution is 6.31. The van der Waals surface area contributed by atoms with Gasteiger partial charge in [-0.05, 0) is 42.7 Å². The third-order valence-electron chi connectivity index (χ3n) is 3.44. The second-order valence-electron chi connectivity index (χ2n) is 5.25. The van der Waals surface area contributed by atoms with Gasteiger partial charge in [-0.25, -0.2) is 5.43 Å². The molecule has 0 fully saturated rings. The summed E-state index contributed by atoms with van der Waals surface area (Å²) in [5.74, 6) is -0.643. The minimum Gasteiger partial charge on any atom is -0.507 e. The number of halogens is 1. The second-order valence-corrected chi connectivity index (χ2v) is 5.68. The van der Waals surface area contributed by atoms with E-state index in [1.54, 1.807) is 0 Å². The topological polar surface area (TPSA) is 61.7 Å². The summed E-state index contributed by atoms with van der Waals surface area (Å²) in [7, 11) is 0.